The SMILES string of the molecule is C[Se]CCSCC[Se]C. The molecule has 0 atom stereocenters. The Balaban J connectivity index is 2.60. The summed E-state index contributed by atoms with van der Waals surface area (Å²) in [7, 11) is 0. The maximum atomic E-state index is 2.32. The first-order valence-electron chi connectivity index (χ1n) is 2.97. The summed E-state index contributed by atoms with van der Waals surface area (Å²) in [5.41, 5.74) is 0. The van der Waals surface area contributed by atoms with Crippen molar-refractivity contribution in [1.29, 1.82) is 0 Å². The number of thioether (sulfide) groups is 1. The van der Waals surface area contributed by atoms with E-state index >= 15 is 0 Å². The van der Waals surface area contributed by atoms with Crippen molar-refractivity contribution in [2.75, 3.05) is 11.5 Å². The monoisotopic (exact) mass is 278 g/mol. The Kier molecular flexibility index (Phi) is 10.8. The average Bonchev–Trinajstić information content (AvgIpc) is 1.89. The minimum atomic E-state index is 0.907. The van der Waals surface area contributed by atoms with Gasteiger partial charge in [-0.15, -0.1) is 0 Å². The van der Waals surface area contributed by atoms with Crippen molar-refractivity contribution in [2.24, 2.45) is 0 Å². The van der Waals surface area contributed by atoms with Gasteiger partial charge in [-0.05, 0) is 0 Å². The van der Waals surface area contributed by atoms with E-state index in [1.807, 2.05) is 0 Å². The van der Waals surface area contributed by atoms with Gasteiger partial charge in [-0.1, -0.05) is 0 Å². The quantitative estimate of drug-likeness (QED) is 0.528. The van der Waals surface area contributed by atoms with E-state index in [2.05, 4.69) is 23.4 Å². The Morgan fingerprint density at radius 2 is 1.44 bits per heavy atom. The van der Waals surface area contributed by atoms with Crippen LogP contribution in [0.25, 0.3) is 0 Å². The summed E-state index contributed by atoms with van der Waals surface area (Å²) in [6.45, 7) is 0. The Morgan fingerprint density at radius 3 is 1.78 bits per heavy atom. The maximum absolute atomic E-state index is 2.32. The predicted molar refractivity (Wildman–Crippen MR) is 50.2 cm³/mol. The molecular formula is C6H14SSe2. The molecule has 0 saturated heterocycles. The van der Waals surface area contributed by atoms with Gasteiger partial charge in [0.1, 0.15) is 0 Å². The first-order valence-corrected chi connectivity index (χ1v) is 9.97. The second-order valence-corrected chi connectivity index (χ2v) is 6.96. The third kappa shape index (κ3) is 9.39. The van der Waals surface area contributed by atoms with Gasteiger partial charge in [-0.2, -0.15) is 0 Å². The summed E-state index contributed by atoms with van der Waals surface area (Å²) in [4.78, 5) is 0. The molecule has 9 heavy (non-hydrogen) atoms. The van der Waals surface area contributed by atoms with Gasteiger partial charge in [0.05, 0.1) is 0 Å². The van der Waals surface area contributed by atoms with Crippen molar-refractivity contribution in [2.45, 2.75) is 22.3 Å². The summed E-state index contributed by atoms with van der Waals surface area (Å²) in [5.74, 6) is 7.45. The van der Waals surface area contributed by atoms with Gasteiger partial charge >= 0.3 is 75.5 Å². The standard InChI is InChI=1S/C6H14SSe2/c1-8-5-3-7-4-6-9-2/h3-6H2,1-2H3. The van der Waals surface area contributed by atoms with Crippen LogP contribution in [0.5, 0.6) is 0 Å². The van der Waals surface area contributed by atoms with E-state index in [0.717, 1.165) is 29.9 Å². The van der Waals surface area contributed by atoms with Crippen molar-refractivity contribution in [3.63, 3.8) is 0 Å². The molecule has 0 unspecified atom stereocenters. The van der Waals surface area contributed by atoms with Crippen LogP contribution in [-0.2, 0) is 0 Å². The first-order chi connectivity index (χ1) is 4.41. The van der Waals surface area contributed by atoms with Crippen LogP contribution in [0.1, 0.15) is 0 Å². The first kappa shape index (κ1) is 10.4. The van der Waals surface area contributed by atoms with Gasteiger partial charge < -0.3 is 0 Å². The Hall–Kier alpha value is 1.39. The van der Waals surface area contributed by atoms with Crippen molar-refractivity contribution < 1.29 is 0 Å². The molecule has 0 amide bonds. The van der Waals surface area contributed by atoms with Gasteiger partial charge in [0.25, 0.3) is 0 Å². The van der Waals surface area contributed by atoms with Crippen molar-refractivity contribution >= 4 is 41.7 Å². The summed E-state index contributed by atoms with van der Waals surface area (Å²) in [5, 5.41) is 2.93. The van der Waals surface area contributed by atoms with Crippen molar-refractivity contribution in [1.82, 2.24) is 0 Å². The van der Waals surface area contributed by atoms with E-state index in [0.29, 0.717) is 0 Å². The topological polar surface area (TPSA) is 0 Å². The van der Waals surface area contributed by atoms with Crippen LogP contribution in [0.3, 0.4) is 0 Å². The van der Waals surface area contributed by atoms with Gasteiger partial charge in [-0.25, -0.2) is 0 Å². The molecule has 0 aliphatic carbocycles. The molecular weight excluding hydrogens is 262 g/mol. The van der Waals surface area contributed by atoms with Crippen LogP contribution in [0.2, 0.25) is 22.3 Å². The molecule has 0 nitrogen and oxygen atoms in total. The predicted octanol–water partition coefficient (Wildman–Crippen LogP) is 2.06. The van der Waals surface area contributed by atoms with E-state index in [-0.39, 0.29) is 0 Å². The molecule has 0 spiro atoms. The van der Waals surface area contributed by atoms with Crippen LogP contribution in [0, 0.1) is 0 Å². The fourth-order valence-corrected chi connectivity index (χ4v) is 4.74. The normalized spacial score (nSPS) is 10.0. The molecule has 0 aliphatic heterocycles. The molecule has 0 aromatic carbocycles. The third-order valence-electron chi connectivity index (χ3n) is 0.864. The number of hydrogen-bond donors (Lipinski definition) is 0. The minimum absolute atomic E-state index is 0.907. The summed E-state index contributed by atoms with van der Waals surface area (Å²) < 4.78 is 0. The van der Waals surface area contributed by atoms with Crippen LogP contribution < -0.4 is 0 Å². The molecule has 0 aliphatic rings. The molecule has 0 rings (SSSR count). The molecule has 0 saturated carbocycles. The van der Waals surface area contributed by atoms with Crippen LogP contribution >= 0.6 is 11.8 Å². The molecule has 0 aromatic rings. The molecule has 0 N–H and O–H groups in total. The molecule has 3 heteroatoms. The molecule has 0 heterocycles. The zero-order chi connectivity index (χ0) is 6.95. The third-order valence-corrected chi connectivity index (χ3v) is 5.59. The molecule has 0 radical (unpaired) electrons. The Labute approximate surface area is 75.2 Å². The zero-order valence-corrected chi connectivity index (χ0v) is 10.3. The number of rotatable bonds is 6. The van der Waals surface area contributed by atoms with Gasteiger partial charge in [0, 0.05) is 0 Å². The molecule has 0 bridgehead atoms. The summed E-state index contributed by atoms with van der Waals surface area (Å²) >= 11 is 3.95. The van der Waals surface area contributed by atoms with E-state index in [1.54, 1.807) is 0 Å². The van der Waals surface area contributed by atoms with Gasteiger partial charge in [-0.3, -0.25) is 0 Å². The van der Waals surface area contributed by atoms with Gasteiger partial charge in [0.2, 0.25) is 0 Å². The second kappa shape index (κ2) is 9.39. The molecule has 56 valence electrons. The van der Waals surface area contributed by atoms with Crippen LogP contribution in [0.15, 0.2) is 0 Å². The van der Waals surface area contributed by atoms with E-state index in [1.165, 1.54) is 22.1 Å². The van der Waals surface area contributed by atoms with Gasteiger partial charge in [0.15, 0.2) is 0 Å². The molecule has 0 fully saturated rings. The molecule has 0 aromatic heterocycles. The van der Waals surface area contributed by atoms with E-state index in [9.17, 15) is 0 Å². The summed E-state index contributed by atoms with van der Waals surface area (Å²) in [6.07, 6.45) is 0. The Bertz CT molecular complexity index is 44.3. The average molecular weight is 276 g/mol. The van der Waals surface area contributed by atoms with E-state index < -0.39 is 0 Å². The van der Waals surface area contributed by atoms with Crippen molar-refractivity contribution in [3.8, 4) is 0 Å². The fourth-order valence-electron chi connectivity index (χ4n) is 0.387. The van der Waals surface area contributed by atoms with Crippen LogP contribution in [-0.4, -0.2) is 41.4 Å². The Morgan fingerprint density at radius 1 is 1.00 bits per heavy atom. The second-order valence-electron chi connectivity index (χ2n) is 1.60. The van der Waals surface area contributed by atoms with Crippen LogP contribution in [0.4, 0.5) is 0 Å². The summed E-state index contributed by atoms with van der Waals surface area (Å²) in [6, 6.07) is 0. The van der Waals surface area contributed by atoms with E-state index in [4.69, 9.17) is 0 Å². The fraction of sp³-hybridized carbons (Fsp3) is 1.00. The number of hydrogen-bond acceptors (Lipinski definition) is 1. The van der Waals surface area contributed by atoms with Crippen molar-refractivity contribution in [3.05, 3.63) is 0 Å². The zero-order valence-electron chi connectivity index (χ0n) is 6.05.